The largest absolute Gasteiger partial charge is 0.352 e. The molecule has 2 amide bonds. The molecule has 3 aromatic rings. The molecule has 0 heterocycles. The fourth-order valence-electron chi connectivity index (χ4n) is 3.80. The van der Waals surface area contributed by atoms with Crippen molar-refractivity contribution < 1.29 is 9.59 Å². The van der Waals surface area contributed by atoms with Gasteiger partial charge in [-0.25, -0.2) is 0 Å². The van der Waals surface area contributed by atoms with E-state index in [9.17, 15) is 9.59 Å². The molecular formula is C29H32Cl2N2O2S. The minimum Gasteiger partial charge on any atom is -0.352 e. The molecule has 0 bridgehead atoms. The van der Waals surface area contributed by atoms with Crippen molar-refractivity contribution in [3.05, 3.63) is 99.5 Å². The van der Waals surface area contributed by atoms with Gasteiger partial charge in [-0.1, -0.05) is 77.3 Å². The number of carbonyl (C=O) groups excluding carboxylic acids is 2. The number of aryl methyl sites for hydroxylation is 1. The highest BCUT2D eigenvalue weighted by Gasteiger charge is 2.30. The van der Waals surface area contributed by atoms with Gasteiger partial charge >= 0.3 is 0 Å². The second kappa shape index (κ2) is 13.7. The molecule has 3 rings (SSSR count). The number of thioether (sulfide) groups is 1. The normalized spacial score (nSPS) is 11.8. The Morgan fingerprint density at radius 3 is 2.25 bits per heavy atom. The summed E-state index contributed by atoms with van der Waals surface area (Å²) in [5, 5.41) is 3.88. The van der Waals surface area contributed by atoms with Crippen molar-refractivity contribution in [1.82, 2.24) is 10.2 Å². The monoisotopic (exact) mass is 542 g/mol. The van der Waals surface area contributed by atoms with Crippen LogP contribution in [0, 0.1) is 6.92 Å². The molecule has 0 fully saturated rings. The van der Waals surface area contributed by atoms with Crippen LogP contribution >= 0.6 is 35.0 Å². The van der Waals surface area contributed by atoms with Gasteiger partial charge in [-0.2, -0.15) is 0 Å². The minimum absolute atomic E-state index is 0.0465. The molecule has 190 valence electrons. The minimum atomic E-state index is -0.666. The van der Waals surface area contributed by atoms with Gasteiger partial charge in [-0.15, -0.1) is 11.8 Å². The number of hydrogen-bond donors (Lipinski definition) is 1. The lowest BCUT2D eigenvalue weighted by atomic mass is 10.0. The average Bonchev–Trinajstić information content (AvgIpc) is 2.85. The summed E-state index contributed by atoms with van der Waals surface area (Å²) in [6, 6.07) is 22.6. The van der Waals surface area contributed by atoms with E-state index in [1.807, 2.05) is 57.2 Å². The lowest BCUT2D eigenvalue weighted by molar-refractivity contribution is -0.141. The van der Waals surface area contributed by atoms with Crippen LogP contribution in [-0.4, -0.2) is 34.6 Å². The maximum Gasteiger partial charge on any atom is 0.243 e. The topological polar surface area (TPSA) is 49.4 Å². The van der Waals surface area contributed by atoms with Gasteiger partial charge in [-0.3, -0.25) is 9.59 Å². The molecule has 0 saturated heterocycles. The molecule has 0 unspecified atom stereocenters. The van der Waals surface area contributed by atoms with E-state index >= 15 is 0 Å². The number of hydrogen-bond acceptors (Lipinski definition) is 3. The van der Waals surface area contributed by atoms with Crippen LogP contribution in [-0.2, 0) is 22.6 Å². The lowest BCUT2D eigenvalue weighted by Crippen LogP contribution is -2.51. The average molecular weight is 544 g/mol. The number of halogens is 2. The second-order valence-electron chi connectivity index (χ2n) is 9.05. The van der Waals surface area contributed by atoms with E-state index < -0.39 is 6.04 Å². The number of amides is 2. The molecule has 4 nitrogen and oxygen atoms in total. The van der Waals surface area contributed by atoms with Gasteiger partial charge in [-0.05, 0) is 56.2 Å². The molecule has 0 aliphatic carbocycles. The predicted molar refractivity (Wildman–Crippen MR) is 151 cm³/mol. The van der Waals surface area contributed by atoms with E-state index in [0.29, 0.717) is 28.6 Å². The first-order valence-corrected chi connectivity index (χ1v) is 13.7. The molecule has 1 N–H and O–H groups in total. The third-order valence-electron chi connectivity index (χ3n) is 5.64. The van der Waals surface area contributed by atoms with E-state index in [1.54, 1.807) is 28.8 Å². The maximum absolute atomic E-state index is 13.6. The highest BCUT2D eigenvalue weighted by molar-refractivity contribution is 7.99. The van der Waals surface area contributed by atoms with E-state index in [0.717, 1.165) is 16.0 Å². The van der Waals surface area contributed by atoms with Crippen LogP contribution in [0.1, 0.15) is 37.0 Å². The van der Waals surface area contributed by atoms with Crippen LogP contribution in [0.4, 0.5) is 0 Å². The number of benzene rings is 3. The summed E-state index contributed by atoms with van der Waals surface area (Å²) in [6.45, 7) is 6.14. The predicted octanol–water partition coefficient (Wildman–Crippen LogP) is 6.95. The van der Waals surface area contributed by atoms with E-state index in [1.165, 1.54) is 5.56 Å². The first-order valence-electron chi connectivity index (χ1n) is 12.0. The Labute approximate surface area is 228 Å². The summed E-state index contributed by atoms with van der Waals surface area (Å²) >= 11 is 14.0. The van der Waals surface area contributed by atoms with Crippen molar-refractivity contribution in [3.63, 3.8) is 0 Å². The van der Waals surface area contributed by atoms with Gasteiger partial charge in [0.1, 0.15) is 6.04 Å². The van der Waals surface area contributed by atoms with Crippen LogP contribution in [0.25, 0.3) is 0 Å². The fraction of sp³-hybridized carbons (Fsp3) is 0.310. The molecule has 1 atom stereocenters. The third-order valence-corrected chi connectivity index (χ3v) is 7.40. The molecule has 0 spiro atoms. The Bertz CT molecular complexity index is 1150. The molecule has 0 aliphatic rings. The molecule has 3 aromatic carbocycles. The number of rotatable bonds is 11. The Hall–Kier alpha value is -2.47. The summed E-state index contributed by atoms with van der Waals surface area (Å²) < 4.78 is 0. The summed E-state index contributed by atoms with van der Waals surface area (Å²) in [7, 11) is 0. The van der Waals surface area contributed by atoms with Gasteiger partial charge < -0.3 is 10.2 Å². The van der Waals surface area contributed by atoms with Crippen molar-refractivity contribution >= 4 is 46.8 Å². The quantitative estimate of drug-likeness (QED) is 0.266. The molecule has 0 aromatic heterocycles. The van der Waals surface area contributed by atoms with Gasteiger partial charge in [0, 0.05) is 36.1 Å². The van der Waals surface area contributed by atoms with Gasteiger partial charge in [0.25, 0.3) is 0 Å². The third kappa shape index (κ3) is 8.58. The molecule has 0 aliphatic heterocycles. The highest BCUT2D eigenvalue weighted by atomic mass is 35.5. The van der Waals surface area contributed by atoms with Crippen molar-refractivity contribution in [2.24, 2.45) is 0 Å². The Kier molecular flexibility index (Phi) is 10.7. The fourth-order valence-corrected chi connectivity index (χ4v) is 4.97. The van der Waals surface area contributed by atoms with Crippen molar-refractivity contribution in [2.75, 3.05) is 5.75 Å². The smallest absolute Gasteiger partial charge is 0.243 e. The standard InChI is InChI=1S/C29H32Cl2N2O2S/c1-20(2)32-29(35)27(18-22-7-5-4-6-8-22)33(19-23-11-14-25(30)26(31)17-23)28(34)15-16-36-24-12-9-21(3)10-13-24/h4-14,17,20,27H,15-16,18-19H2,1-3H3,(H,32,35)/t27-/m1/s1. The Morgan fingerprint density at radius 2 is 1.61 bits per heavy atom. The molecule has 0 saturated carbocycles. The maximum atomic E-state index is 13.6. The van der Waals surface area contributed by atoms with Crippen molar-refractivity contribution in [1.29, 1.82) is 0 Å². The van der Waals surface area contributed by atoms with E-state index in [-0.39, 0.29) is 24.4 Å². The lowest BCUT2D eigenvalue weighted by Gasteiger charge is -2.32. The van der Waals surface area contributed by atoms with Crippen LogP contribution in [0.2, 0.25) is 10.0 Å². The first kappa shape index (κ1) is 28.1. The summed E-state index contributed by atoms with van der Waals surface area (Å²) in [4.78, 5) is 29.8. The zero-order chi connectivity index (χ0) is 26.1. The van der Waals surface area contributed by atoms with Crippen LogP contribution < -0.4 is 5.32 Å². The van der Waals surface area contributed by atoms with E-state index in [4.69, 9.17) is 23.2 Å². The highest BCUT2D eigenvalue weighted by Crippen LogP contribution is 2.25. The van der Waals surface area contributed by atoms with E-state index in [2.05, 4.69) is 29.6 Å². The number of nitrogens with one attached hydrogen (secondary N) is 1. The van der Waals surface area contributed by atoms with Crippen molar-refractivity contribution in [2.45, 2.75) is 57.1 Å². The summed E-state index contributed by atoms with van der Waals surface area (Å²) in [6.07, 6.45) is 0.720. The Morgan fingerprint density at radius 1 is 0.917 bits per heavy atom. The zero-order valence-electron chi connectivity index (χ0n) is 20.8. The Balaban J connectivity index is 1.86. The summed E-state index contributed by atoms with van der Waals surface area (Å²) in [5.41, 5.74) is 3.00. The van der Waals surface area contributed by atoms with Crippen LogP contribution in [0.15, 0.2) is 77.7 Å². The molecular weight excluding hydrogens is 511 g/mol. The number of nitrogens with zero attached hydrogens (tertiary/aromatic N) is 1. The van der Waals surface area contributed by atoms with Gasteiger partial charge in [0.2, 0.25) is 11.8 Å². The summed E-state index contributed by atoms with van der Waals surface area (Å²) in [5.74, 6) is 0.359. The molecule has 7 heteroatoms. The molecule has 36 heavy (non-hydrogen) atoms. The van der Waals surface area contributed by atoms with Crippen LogP contribution in [0.5, 0.6) is 0 Å². The molecule has 0 radical (unpaired) electrons. The zero-order valence-corrected chi connectivity index (χ0v) is 23.2. The van der Waals surface area contributed by atoms with Crippen LogP contribution in [0.3, 0.4) is 0 Å². The SMILES string of the molecule is Cc1ccc(SCCC(=O)N(Cc2ccc(Cl)c(Cl)c2)[C@H](Cc2ccccc2)C(=O)NC(C)C)cc1. The first-order chi connectivity index (χ1) is 17.2. The second-order valence-corrected chi connectivity index (χ2v) is 11.0. The van der Waals surface area contributed by atoms with Gasteiger partial charge in [0.15, 0.2) is 0 Å². The van der Waals surface area contributed by atoms with Gasteiger partial charge in [0.05, 0.1) is 10.0 Å². The number of carbonyl (C=O) groups is 2. The van der Waals surface area contributed by atoms with Crippen molar-refractivity contribution in [3.8, 4) is 0 Å².